The van der Waals surface area contributed by atoms with Gasteiger partial charge in [0.15, 0.2) is 0 Å². The predicted octanol–water partition coefficient (Wildman–Crippen LogP) is -3.13. The summed E-state index contributed by atoms with van der Waals surface area (Å²) in [4.78, 5) is 120. The number of carbonyl (C=O) groups is 9. The largest absolute Gasteiger partial charge is 0.508 e. The van der Waals surface area contributed by atoms with Gasteiger partial charge in [-0.3, -0.25) is 48.5 Å². The summed E-state index contributed by atoms with van der Waals surface area (Å²) in [5.41, 5.74) is 11.5. The molecule has 85 heavy (non-hydrogen) atoms. The van der Waals surface area contributed by atoms with Crippen LogP contribution in [0.4, 0.5) is 0 Å². The van der Waals surface area contributed by atoms with Crippen LogP contribution in [0.3, 0.4) is 0 Å². The lowest BCUT2D eigenvalue weighted by Crippen LogP contribution is -2.65. The SMILES string of the molecule is CC(=O)O.CC(=O)O.CCC(C)CC(C)CCCCCCCCC(=O)N[C@H]1C[C@@H](O)[C@@H](NCCN)NC(=O)[C@@H]2[C@@H](O)CCN2C(=O)[C@H]([C@H](O)CCN)NC(=O)[C@H]([C@H](O)[C@@H](O)c2ccc(O)cc2)NC(=O)[C@@H]2C[C@@H](O)CN2C(=O)[C@H]([C@@H](C)O)NC1=O. The van der Waals surface area contributed by atoms with Gasteiger partial charge in [0.25, 0.3) is 11.9 Å². The smallest absolute Gasteiger partial charge is 0.300 e. The molecule has 484 valence electrons. The molecule has 29 nitrogen and oxygen atoms in total. The first kappa shape index (κ1) is 74.9. The highest BCUT2D eigenvalue weighted by molar-refractivity contribution is 5.98. The van der Waals surface area contributed by atoms with Gasteiger partial charge in [0, 0.05) is 59.3 Å². The number of nitrogens with one attached hydrogen (secondary N) is 6. The van der Waals surface area contributed by atoms with Gasteiger partial charge in [0.1, 0.15) is 60.4 Å². The first-order valence-electron chi connectivity index (χ1n) is 29.2. The number of nitrogens with two attached hydrogens (primary N) is 2. The third-order valence-corrected chi connectivity index (χ3v) is 14.9. The van der Waals surface area contributed by atoms with E-state index in [-0.39, 0.29) is 56.8 Å². The van der Waals surface area contributed by atoms with Gasteiger partial charge in [-0.2, -0.15) is 0 Å². The molecule has 16 atom stereocenters. The second-order valence-corrected chi connectivity index (χ2v) is 22.3. The maximum absolute atomic E-state index is 14.6. The van der Waals surface area contributed by atoms with E-state index in [1.54, 1.807) is 0 Å². The number of rotatable bonds is 23. The highest BCUT2D eigenvalue weighted by Crippen LogP contribution is 2.27. The maximum Gasteiger partial charge on any atom is 0.300 e. The Kier molecular flexibility index (Phi) is 33.6. The highest BCUT2D eigenvalue weighted by Gasteiger charge is 2.49. The Morgan fingerprint density at radius 3 is 1.82 bits per heavy atom. The Hall–Kier alpha value is -6.15. The third-order valence-electron chi connectivity index (χ3n) is 14.9. The van der Waals surface area contributed by atoms with Gasteiger partial charge in [-0.15, -0.1) is 0 Å². The molecule has 0 saturated carbocycles. The van der Waals surface area contributed by atoms with Crippen LogP contribution in [0.5, 0.6) is 5.75 Å². The van der Waals surface area contributed by atoms with E-state index in [2.05, 4.69) is 52.7 Å². The summed E-state index contributed by atoms with van der Waals surface area (Å²) in [6.07, 6.45) is -6.95. The molecular formula is C56H96N10O19. The molecule has 3 aliphatic rings. The molecule has 2 unspecified atom stereocenters. The molecule has 20 N–H and O–H groups in total. The number of amides is 7. The summed E-state index contributed by atoms with van der Waals surface area (Å²) < 4.78 is 0. The van der Waals surface area contributed by atoms with Crippen LogP contribution in [0.15, 0.2) is 24.3 Å². The summed E-state index contributed by atoms with van der Waals surface area (Å²) in [5, 5.41) is 119. The minimum absolute atomic E-state index is 0.0257. The van der Waals surface area contributed by atoms with Gasteiger partial charge < -0.3 is 98.9 Å². The van der Waals surface area contributed by atoms with Crippen molar-refractivity contribution in [1.29, 1.82) is 0 Å². The number of carboxylic acid groups (broad SMARTS) is 2. The fourth-order valence-corrected chi connectivity index (χ4v) is 10.2. The fraction of sp³-hybridized carbons (Fsp3) is 0.732. The van der Waals surface area contributed by atoms with Gasteiger partial charge in [0.05, 0.1) is 30.5 Å². The van der Waals surface area contributed by atoms with Gasteiger partial charge in [0.2, 0.25) is 41.4 Å². The topological polar surface area (TPSA) is 487 Å². The molecule has 7 amide bonds. The molecule has 3 aliphatic heterocycles. The molecule has 1 aromatic rings. The van der Waals surface area contributed by atoms with Crippen molar-refractivity contribution >= 4 is 53.3 Å². The van der Waals surface area contributed by atoms with Crippen molar-refractivity contribution < 1.29 is 94.2 Å². The molecule has 3 fully saturated rings. The van der Waals surface area contributed by atoms with Crippen molar-refractivity contribution in [3.8, 4) is 5.75 Å². The molecule has 0 bridgehead atoms. The number of hydrogen-bond donors (Lipinski definition) is 18. The van der Waals surface area contributed by atoms with Crippen molar-refractivity contribution in [2.45, 2.75) is 217 Å². The van der Waals surface area contributed by atoms with E-state index in [4.69, 9.17) is 31.3 Å². The quantitative estimate of drug-likeness (QED) is 0.0482. The van der Waals surface area contributed by atoms with E-state index in [9.17, 15) is 74.4 Å². The van der Waals surface area contributed by atoms with Crippen molar-refractivity contribution in [3.63, 3.8) is 0 Å². The average molecular weight is 1210 g/mol. The highest BCUT2D eigenvalue weighted by atomic mass is 16.4. The summed E-state index contributed by atoms with van der Waals surface area (Å²) >= 11 is 0. The first-order valence-corrected chi connectivity index (χ1v) is 29.2. The van der Waals surface area contributed by atoms with Crippen LogP contribution in [-0.2, 0) is 43.2 Å². The lowest BCUT2D eigenvalue weighted by molar-refractivity contribution is -0.148. The number of aromatic hydroxyl groups is 1. The Bertz CT molecular complexity index is 2270. The number of carboxylic acids is 2. The molecule has 1 aromatic carbocycles. The number of unbranched alkanes of at least 4 members (excludes halogenated alkanes) is 5. The van der Waals surface area contributed by atoms with Crippen LogP contribution in [0.2, 0.25) is 0 Å². The molecule has 3 saturated heterocycles. The second kappa shape index (κ2) is 38.1. The van der Waals surface area contributed by atoms with Gasteiger partial charge >= 0.3 is 0 Å². The van der Waals surface area contributed by atoms with Crippen LogP contribution in [0, 0.1) is 11.8 Å². The number of hydrogen-bond acceptors (Lipinski definition) is 20. The van der Waals surface area contributed by atoms with Crippen molar-refractivity contribution in [2.24, 2.45) is 23.3 Å². The summed E-state index contributed by atoms with van der Waals surface area (Å²) in [5.74, 6) is -8.10. The van der Waals surface area contributed by atoms with Crippen molar-refractivity contribution in [2.75, 3.05) is 32.7 Å². The first-order chi connectivity index (χ1) is 40.0. The molecule has 4 rings (SSSR count). The van der Waals surface area contributed by atoms with Gasteiger partial charge in [-0.1, -0.05) is 77.8 Å². The number of aliphatic hydroxyl groups excluding tert-OH is 7. The Balaban J connectivity index is 0.00000289. The zero-order valence-electron chi connectivity index (χ0n) is 49.7. The molecular weight excluding hydrogens is 1120 g/mol. The molecule has 3 heterocycles. The van der Waals surface area contributed by atoms with E-state index in [1.807, 2.05) is 0 Å². The molecule has 29 heteroatoms. The number of nitrogens with zero attached hydrogens (tertiary/aromatic N) is 2. The lowest BCUT2D eigenvalue weighted by atomic mass is 9.91. The number of aliphatic hydroxyl groups is 7. The number of benzene rings is 1. The number of fused-ring (bicyclic) bond motifs is 2. The van der Waals surface area contributed by atoms with E-state index in [0.29, 0.717) is 24.7 Å². The fourth-order valence-electron chi connectivity index (χ4n) is 10.2. The number of phenolic OH excluding ortho intramolecular Hbond substituents is 1. The van der Waals surface area contributed by atoms with Crippen LogP contribution in [0.1, 0.15) is 143 Å². The number of phenols is 1. The zero-order valence-corrected chi connectivity index (χ0v) is 49.7. The standard InChI is InChI=1S/C52H88N10O15.2C2H4O2/c1-5-28(2)24-29(3)12-10-8-6-7-9-11-13-39(69)56-34-26-38(68)46(55-22-21-54)60-50(75)43-37(67)19-23-61(43)52(77)41(36(66)18-20-53)58-49(74)42(45(71)44(70)31-14-16-32(64)17-15-31)59-48(73)35-25-33(65)27-62(35)51(76)40(30(4)63)57-47(34)72;2*1-2(3)4/h14-17,28-30,33-38,40-46,55,63-68,70-71H,5-13,18-27,53-54H2,1-4H3,(H,56,69)(H,57,72)(H,58,74)(H,59,73)(H,60,75);2*1H3,(H,3,4)/t28?,29?,30-,33-,34+,35+,36-,37+,38-,40+,41+,42+,43+,44+,45+,46+;;/m1../s1. The predicted molar refractivity (Wildman–Crippen MR) is 307 cm³/mol. The number of aliphatic carboxylic acids is 2. The lowest BCUT2D eigenvalue weighted by Gasteiger charge is -2.35. The minimum atomic E-state index is -2.28. The van der Waals surface area contributed by atoms with E-state index in [0.717, 1.165) is 69.1 Å². The van der Waals surface area contributed by atoms with Crippen LogP contribution in [-0.4, -0.2) is 226 Å². The van der Waals surface area contributed by atoms with Gasteiger partial charge in [-0.25, -0.2) is 0 Å². The zero-order chi connectivity index (χ0) is 64.2. The Morgan fingerprint density at radius 1 is 0.682 bits per heavy atom. The molecule has 0 spiro atoms. The monoisotopic (exact) mass is 1210 g/mol. The Labute approximate surface area is 496 Å². The maximum atomic E-state index is 14.6. The molecule has 0 aromatic heterocycles. The Morgan fingerprint density at radius 2 is 1.25 bits per heavy atom. The normalized spacial score (nSPS) is 26.5. The van der Waals surface area contributed by atoms with Gasteiger partial charge in [-0.05, 0) is 68.7 Å². The van der Waals surface area contributed by atoms with Crippen LogP contribution < -0.4 is 43.4 Å². The van der Waals surface area contributed by atoms with Crippen molar-refractivity contribution in [3.05, 3.63) is 29.8 Å². The van der Waals surface area contributed by atoms with E-state index < -0.39 is 158 Å². The molecule has 0 aliphatic carbocycles. The average Bonchev–Trinajstić information content (AvgIpc) is 2.52. The van der Waals surface area contributed by atoms with E-state index in [1.165, 1.54) is 30.7 Å². The van der Waals surface area contributed by atoms with E-state index >= 15 is 0 Å². The minimum Gasteiger partial charge on any atom is -0.508 e. The second-order valence-electron chi connectivity index (χ2n) is 22.3. The van der Waals surface area contributed by atoms with Crippen LogP contribution >= 0.6 is 0 Å². The van der Waals surface area contributed by atoms with Crippen LogP contribution in [0.25, 0.3) is 0 Å². The number of carbonyl (C=O) groups excluding carboxylic acids is 7. The van der Waals surface area contributed by atoms with Crippen molar-refractivity contribution in [1.82, 2.24) is 41.7 Å². The third kappa shape index (κ3) is 25.4. The molecule has 0 radical (unpaired) electrons. The summed E-state index contributed by atoms with van der Waals surface area (Å²) in [6, 6.07) is -6.40. The summed E-state index contributed by atoms with van der Waals surface area (Å²) in [6.45, 7) is 8.90. The summed E-state index contributed by atoms with van der Waals surface area (Å²) in [7, 11) is 0.